The van der Waals surface area contributed by atoms with Crippen LogP contribution < -0.4 is 25.0 Å². The van der Waals surface area contributed by atoms with Gasteiger partial charge in [-0.1, -0.05) is 35.3 Å². The molecule has 188 valence electrons. The van der Waals surface area contributed by atoms with Crippen molar-refractivity contribution >= 4 is 46.9 Å². The van der Waals surface area contributed by atoms with E-state index >= 15 is 0 Å². The number of hydrogen-bond donors (Lipinski definition) is 2. The average molecular weight is 530 g/mol. The van der Waals surface area contributed by atoms with Crippen molar-refractivity contribution in [2.24, 2.45) is 5.10 Å². The summed E-state index contributed by atoms with van der Waals surface area (Å²) in [5.41, 5.74) is 4.86. The second-order valence-corrected chi connectivity index (χ2v) is 8.31. The summed E-state index contributed by atoms with van der Waals surface area (Å²) in [6.07, 6.45) is 1.42. The van der Waals surface area contributed by atoms with Crippen molar-refractivity contribution in [3.05, 3.63) is 81.3 Å². The van der Waals surface area contributed by atoms with Crippen molar-refractivity contribution in [1.29, 1.82) is 0 Å². The first-order chi connectivity index (χ1) is 17.3. The summed E-state index contributed by atoms with van der Waals surface area (Å²) >= 11 is 12.5. The Balaban J connectivity index is 1.66. The monoisotopic (exact) mass is 529 g/mol. The smallest absolute Gasteiger partial charge is 0.271 e. The van der Waals surface area contributed by atoms with Crippen LogP contribution in [-0.4, -0.2) is 38.4 Å². The molecule has 0 fully saturated rings. The van der Waals surface area contributed by atoms with Crippen LogP contribution in [0.25, 0.3) is 0 Å². The topological polar surface area (TPSA) is 98.2 Å². The Morgan fingerprint density at radius 2 is 1.83 bits per heavy atom. The van der Waals surface area contributed by atoms with Gasteiger partial charge in [0, 0.05) is 16.3 Å². The van der Waals surface area contributed by atoms with Gasteiger partial charge in [0.2, 0.25) is 0 Å². The second-order valence-electron chi connectivity index (χ2n) is 7.49. The maximum Gasteiger partial charge on any atom is 0.271 e. The molecule has 0 heterocycles. The molecule has 36 heavy (non-hydrogen) atoms. The Kier molecular flexibility index (Phi) is 9.55. The van der Waals surface area contributed by atoms with Gasteiger partial charge in [0.25, 0.3) is 11.8 Å². The van der Waals surface area contributed by atoms with Crippen LogP contribution in [0.15, 0.2) is 59.7 Å². The Bertz CT molecular complexity index is 1280. The molecular weight excluding hydrogens is 505 g/mol. The first kappa shape index (κ1) is 26.8. The molecule has 8 nitrogen and oxygen atoms in total. The Labute approximate surface area is 219 Å². The zero-order chi connectivity index (χ0) is 26.1. The van der Waals surface area contributed by atoms with Crippen LogP contribution in [0, 0.1) is 6.92 Å². The highest BCUT2D eigenvalue weighted by molar-refractivity contribution is 6.32. The van der Waals surface area contributed by atoms with Crippen molar-refractivity contribution < 1.29 is 23.8 Å². The van der Waals surface area contributed by atoms with Crippen LogP contribution in [0.1, 0.15) is 28.4 Å². The number of nitrogens with zero attached hydrogens (tertiary/aromatic N) is 1. The summed E-state index contributed by atoms with van der Waals surface area (Å²) in [7, 11) is 1.52. The minimum atomic E-state index is -0.401. The molecule has 0 aromatic heterocycles. The molecule has 10 heteroatoms. The average Bonchev–Trinajstić information content (AvgIpc) is 2.86. The number of methoxy groups -OCH3 is 1. The lowest BCUT2D eigenvalue weighted by Gasteiger charge is -2.14. The van der Waals surface area contributed by atoms with E-state index in [-0.39, 0.29) is 23.3 Å². The van der Waals surface area contributed by atoms with Gasteiger partial charge < -0.3 is 19.5 Å². The standard InChI is InChI=1S/C26H25Cl2N3O5/c1-4-35-23-11-17(14-29-31-26(33)18-6-5-7-20(12-18)34-3)10-22(28)25(23)36-15-24(32)30-19-9-8-16(2)21(27)13-19/h5-14H,4,15H2,1-3H3,(H,30,32)(H,31,33)/b29-14+. The zero-order valence-corrected chi connectivity index (χ0v) is 21.4. The van der Waals surface area contributed by atoms with Gasteiger partial charge in [-0.2, -0.15) is 5.10 Å². The van der Waals surface area contributed by atoms with Gasteiger partial charge in [0.15, 0.2) is 18.1 Å². The van der Waals surface area contributed by atoms with Crippen LogP contribution >= 0.6 is 23.2 Å². The van der Waals surface area contributed by atoms with Crippen molar-refractivity contribution in [1.82, 2.24) is 5.43 Å². The predicted octanol–water partition coefficient (Wildman–Crippen LogP) is 5.49. The molecule has 0 spiro atoms. The SMILES string of the molecule is CCOc1cc(/C=N/NC(=O)c2cccc(OC)c2)cc(Cl)c1OCC(=O)Nc1ccc(C)c(Cl)c1. The van der Waals surface area contributed by atoms with Gasteiger partial charge in [-0.15, -0.1) is 0 Å². The van der Waals surface area contributed by atoms with Gasteiger partial charge in [0.1, 0.15) is 5.75 Å². The molecule has 2 N–H and O–H groups in total. The van der Waals surface area contributed by atoms with E-state index in [1.54, 1.807) is 55.5 Å². The molecule has 2 amide bonds. The molecule has 0 unspecified atom stereocenters. The minimum Gasteiger partial charge on any atom is -0.497 e. The predicted molar refractivity (Wildman–Crippen MR) is 141 cm³/mol. The fourth-order valence-electron chi connectivity index (χ4n) is 3.07. The van der Waals surface area contributed by atoms with Gasteiger partial charge >= 0.3 is 0 Å². The number of amides is 2. The quantitative estimate of drug-likeness (QED) is 0.267. The van der Waals surface area contributed by atoms with E-state index in [9.17, 15) is 9.59 Å². The molecule has 3 aromatic rings. The Morgan fingerprint density at radius 3 is 2.56 bits per heavy atom. The van der Waals surface area contributed by atoms with Gasteiger partial charge in [0.05, 0.1) is 25.0 Å². The summed E-state index contributed by atoms with van der Waals surface area (Å²) in [6, 6.07) is 15.1. The number of rotatable bonds is 10. The van der Waals surface area contributed by atoms with E-state index in [4.69, 9.17) is 37.4 Å². The third-order valence-corrected chi connectivity index (χ3v) is 5.53. The molecule has 0 aliphatic carbocycles. The number of benzene rings is 3. The summed E-state index contributed by atoms with van der Waals surface area (Å²) in [5.74, 6) is 0.318. The van der Waals surface area contributed by atoms with Crippen LogP contribution in [0.5, 0.6) is 17.2 Å². The van der Waals surface area contributed by atoms with Crippen LogP contribution in [0.4, 0.5) is 5.69 Å². The minimum absolute atomic E-state index is 0.215. The molecule has 0 aliphatic heterocycles. The molecule has 3 rings (SSSR count). The third-order valence-electron chi connectivity index (χ3n) is 4.85. The summed E-state index contributed by atoms with van der Waals surface area (Å²) in [4.78, 5) is 24.7. The summed E-state index contributed by atoms with van der Waals surface area (Å²) in [5, 5.41) is 7.47. The molecule has 0 radical (unpaired) electrons. The first-order valence-corrected chi connectivity index (χ1v) is 11.7. The normalized spacial score (nSPS) is 10.7. The maximum atomic E-state index is 12.4. The van der Waals surface area contributed by atoms with E-state index in [1.807, 2.05) is 13.0 Å². The fourth-order valence-corrected chi connectivity index (χ4v) is 3.52. The van der Waals surface area contributed by atoms with Crippen molar-refractivity contribution in [3.63, 3.8) is 0 Å². The number of carbonyl (C=O) groups is 2. The van der Waals surface area contributed by atoms with E-state index in [0.717, 1.165) is 5.56 Å². The fraction of sp³-hybridized carbons (Fsp3) is 0.192. The molecule has 3 aromatic carbocycles. The lowest BCUT2D eigenvalue weighted by atomic mass is 10.2. The van der Waals surface area contributed by atoms with Crippen molar-refractivity contribution in [2.75, 3.05) is 25.6 Å². The summed E-state index contributed by atoms with van der Waals surface area (Å²) in [6.45, 7) is 3.72. The van der Waals surface area contributed by atoms with Crippen LogP contribution in [0.3, 0.4) is 0 Å². The summed E-state index contributed by atoms with van der Waals surface area (Å²) < 4.78 is 16.4. The first-order valence-electron chi connectivity index (χ1n) is 10.9. The molecule has 0 atom stereocenters. The number of nitrogens with one attached hydrogen (secondary N) is 2. The zero-order valence-electron chi connectivity index (χ0n) is 19.9. The van der Waals surface area contributed by atoms with Gasteiger partial charge in [-0.25, -0.2) is 5.43 Å². The number of ether oxygens (including phenoxy) is 3. The van der Waals surface area contributed by atoms with Crippen molar-refractivity contribution in [2.45, 2.75) is 13.8 Å². The highest BCUT2D eigenvalue weighted by atomic mass is 35.5. The number of halogens is 2. The largest absolute Gasteiger partial charge is 0.497 e. The Hall–Kier alpha value is -3.75. The second kappa shape index (κ2) is 12.8. The molecule has 0 saturated carbocycles. The number of carbonyl (C=O) groups excluding carboxylic acids is 2. The highest BCUT2D eigenvalue weighted by Gasteiger charge is 2.15. The molecule has 0 bridgehead atoms. The highest BCUT2D eigenvalue weighted by Crippen LogP contribution is 2.36. The maximum absolute atomic E-state index is 12.4. The van der Waals surface area contributed by atoms with E-state index in [2.05, 4.69) is 15.8 Å². The number of aryl methyl sites for hydroxylation is 1. The Morgan fingerprint density at radius 1 is 1.03 bits per heavy atom. The third kappa shape index (κ3) is 7.37. The number of hydrazone groups is 1. The lowest BCUT2D eigenvalue weighted by molar-refractivity contribution is -0.118. The number of hydrogen-bond acceptors (Lipinski definition) is 6. The number of anilines is 1. The van der Waals surface area contributed by atoms with E-state index in [1.165, 1.54) is 13.3 Å². The molecular formula is C26H25Cl2N3O5. The molecule has 0 saturated heterocycles. The van der Waals surface area contributed by atoms with Gasteiger partial charge in [-0.3, -0.25) is 9.59 Å². The molecule has 0 aliphatic rings. The van der Waals surface area contributed by atoms with Crippen molar-refractivity contribution in [3.8, 4) is 17.2 Å². The van der Waals surface area contributed by atoms with E-state index in [0.29, 0.717) is 39.9 Å². The van der Waals surface area contributed by atoms with Crippen LogP contribution in [-0.2, 0) is 4.79 Å². The van der Waals surface area contributed by atoms with Crippen LogP contribution in [0.2, 0.25) is 10.0 Å². The lowest BCUT2D eigenvalue weighted by Crippen LogP contribution is -2.20. The van der Waals surface area contributed by atoms with E-state index < -0.39 is 5.91 Å². The van der Waals surface area contributed by atoms with Gasteiger partial charge in [-0.05, 0) is 67.4 Å².